The molecule has 0 saturated carbocycles. The van der Waals surface area contributed by atoms with Gasteiger partial charge in [-0.25, -0.2) is 4.98 Å². The quantitative estimate of drug-likeness (QED) is 0.899. The summed E-state index contributed by atoms with van der Waals surface area (Å²) in [5.74, 6) is 1.45. The van der Waals surface area contributed by atoms with Crippen LogP contribution in [0.1, 0.15) is 18.7 Å². The van der Waals surface area contributed by atoms with Crippen LogP contribution in [0.2, 0.25) is 0 Å². The molecule has 0 unspecified atom stereocenters. The standard InChI is InChI=1S/C13H20N4OS/c1-8-6-9-10(17(5)7-13(2,3)18)15-12(14-4)16-11(9)19-8/h6,18H,7H2,1-5H3,(H,14,15,16). The highest BCUT2D eigenvalue weighted by atomic mass is 32.1. The summed E-state index contributed by atoms with van der Waals surface area (Å²) in [4.78, 5) is 13.1. The van der Waals surface area contributed by atoms with Crippen molar-refractivity contribution in [3.63, 3.8) is 0 Å². The van der Waals surface area contributed by atoms with E-state index in [1.165, 1.54) is 4.88 Å². The Balaban J connectivity index is 2.50. The van der Waals surface area contributed by atoms with Gasteiger partial charge in [0.15, 0.2) is 0 Å². The van der Waals surface area contributed by atoms with Crippen LogP contribution >= 0.6 is 11.3 Å². The highest BCUT2D eigenvalue weighted by Gasteiger charge is 2.20. The molecular weight excluding hydrogens is 260 g/mol. The second-order valence-electron chi connectivity index (χ2n) is 5.37. The normalized spacial score (nSPS) is 11.9. The fourth-order valence-corrected chi connectivity index (χ4v) is 2.96. The zero-order chi connectivity index (χ0) is 14.2. The maximum atomic E-state index is 9.96. The lowest BCUT2D eigenvalue weighted by molar-refractivity contribution is 0.0885. The zero-order valence-corrected chi connectivity index (χ0v) is 12.8. The topological polar surface area (TPSA) is 61.3 Å². The molecule has 0 radical (unpaired) electrons. The lowest BCUT2D eigenvalue weighted by atomic mass is 10.1. The second kappa shape index (κ2) is 4.94. The van der Waals surface area contributed by atoms with Crippen molar-refractivity contribution in [2.45, 2.75) is 26.4 Å². The number of nitrogens with zero attached hydrogens (tertiary/aromatic N) is 3. The lowest BCUT2D eigenvalue weighted by Crippen LogP contribution is -2.36. The SMILES string of the molecule is CNc1nc(N(C)CC(C)(C)O)c2cc(C)sc2n1. The molecule has 0 saturated heterocycles. The number of aryl methyl sites for hydroxylation is 1. The fourth-order valence-electron chi connectivity index (χ4n) is 2.08. The molecule has 2 N–H and O–H groups in total. The van der Waals surface area contributed by atoms with Gasteiger partial charge in [-0.15, -0.1) is 11.3 Å². The molecule has 0 bridgehead atoms. The highest BCUT2D eigenvalue weighted by Crippen LogP contribution is 2.31. The van der Waals surface area contributed by atoms with Crippen LogP contribution in [0.5, 0.6) is 0 Å². The Morgan fingerprint density at radius 2 is 2.11 bits per heavy atom. The fraction of sp³-hybridized carbons (Fsp3) is 0.538. The Bertz CT molecular complexity index is 588. The first kappa shape index (κ1) is 14.0. The van der Waals surface area contributed by atoms with Crippen molar-refractivity contribution >= 4 is 33.3 Å². The van der Waals surface area contributed by atoms with Gasteiger partial charge >= 0.3 is 0 Å². The summed E-state index contributed by atoms with van der Waals surface area (Å²) < 4.78 is 0. The summed E-state index contributed by atoms with van der Waals surface area (Å²) in [6.07, 6.45) is 0. The maximum Gasteiger partial charge on any atom is 0.225 e. The maximum absolute atomic E-state index is 9.96. The van der Waals surface area contributed by atoms with E-state index in [1.54, 1.807) is 32.2 Å². The Kier molecular flexibility index (Phi) is 3.64. The third-order valence-corrected chi connectivity index (χ3v) is 3.65. The van der Waals surface area contributed by atoms with Crippen LogP contribution < -0.4 is 10.2 Å². The summed E-state index contributed by atoms with van der Waals surface area (Å²) >= 11 is 1.65. The zero-order valence-electron chi connectivity index (χ0n) is 12.0. The van der Waals surface area contributed by atoms with Gasteiger partial charge in [0.1, 0.15) is 10.6 Å². The molecular formula is C13H20N4OS. The number of thiophene rings is 1. The van der Waals surface area contributed by atoms with Crippen molar-refractivity contribution in [1.29, 1.82) is 0 Å². The average molecular weight is 280 g/mol. The molecule has 2 heterocycles. The van der Waals surface area contributed by atoms with Gasteiger partial charge in [0.2, 0.25) is 5.95 Å². The summed E-state index contributed by atoms with van der Waals surface area (Å²) in [5, 5.41) is 14.0. The van der Waals surface area contributed by atoms with E-state index < -0.39 is 5.60 Å². The molecule has 104 valence electrons. The molecule has 6 heteroatoms. The van der Waals surface area contributed by atoms with Crippen LogP contribution in [-0.2, 0) is 0 Å². The van der Waals surface area contributed by atoms with E-state index in [9.17, 15) is 5.11 Å². The third-order valence-electron chi connectivity index (χ3n) is 2.71. The summed E-state index contributed by atoms with van der Waals surface area (Å²) in [6.45, 7) is 6.15. The molecule has 0 aromatic carbocycles. The van der Waals surface area contributed by atoms with Crippen LogP contribution in [-0.4, -0.2) is 41.3 Å². The number of rotatable bonds is 4. The van der Waals surface area contributed by atoms with Gasteiger partial charge in [-0.2, -0.15) is 4.98 Å². The molecule has 2 aromatic heterocycles. The number of anilines is 2. The van der Waals surface area contributed by atoms with Crippen LogP contribution in [0.4, 0.5) is 11.8 Å². The van der Waals surface area contributed by atoms with Gasteiger partial charge in [-0.3, -0.25) is 0 Å². The van der Waals surface area contributed by atoms with E-state index in [1.807, 2.05) is 11.9 Å². The van der Waals surface area contributed by atoms with E-state index in [-0.39, 0.29) is 0 Å². The largest absolute Gasteiger partial charge is 0.389 e. The Morgan fingerprint density at radius 3 is 2.68 bits per heavy atom. The molecule has 0 aliphatic carbocycles. The molecule has 0 aliphatic heterocycles. The number of fused-ring (bicyclic) bond motifs is 1. The van der Waals surface area contributed by atoms with Crippen LogP contribution in [0.25, 0.3) is 10.2 Å². The second-order valence-corrected chi connectivity index (χ2v) is 6.60. The van der Waals surface area contributed by atoms with Crippen molar-refractivity contribution in [3.8, 4) is 0 Å². The summed E-state index contributed by atoms with van der Waals surface area (Å²) in [5.41, 5.74) is -0.767. The number of likely N-dealkylation sites (N-methyl/N-ethyl adjacent to an activating group) is 1. The summed E-state index contributed by atoms with van der Waals surface area (Å²) in [6, 6.07) is 2.09. The monoisotopic (exact) mass is 280 g/mol. The summed E-state index contributed by atoms with van der Waals surface area (Å²) in [7, 11) is 3.74. The molecule has 2 rings (SSSR count). The number of hydrogen-bond acceptors (Lipinski definition) is 6. The minimum absolute atomic E-state index is 0.511. The van der Waals surface area contributed by atoms with Crippen molar-refractivity contribution in [2.75, 3.05) is 30.9 Å². The van der Waals surface area contributed by atoms with Crippen LogP contribution in [0, 0.1) is 6.92 Å². The van der Waals surface area contributed by atoms with Gasteiger partial charge in [0.05, 0.1) is 11.0 Å². The van der Waals surface area contributed by atoms with Crippen molar-refractivity contribution < 1.29 is 5.11 Å². The van der Waals surface area contributed by atoms with E-state index in [0.29, 0.717) is 12.5 Å². The number of nitrogens with one attached hydrogen (secondary N) is 1. The van der Waals surface area contributed by atoms with Crippen LogP contribution in [0.15, 0.2) is 6.07 Å². The van der Waals surface area contributed by atoms with E-state index in [4.69, 9.17) is 0 Å². The first-order valence-corrected chi connectivity index (χ1v) is 7.01. The Hall–Kier alpha value is -1.40. The molecule has 0 fully saturated rings. The average Bonchev–Trinajstić information content (AvgIpc) is 2.65. The van der Waals surface area contributed by atoms with Crippen molar-refractivity contribution in [2.24, 2.45) is 0 Å². The molecule has 5 nitrogen and oxygen atoms in total. The first-order chi connectivity index (χ1) is 8.80. The van der Waals surface area contributed by atoms with Gasteiger partial charge in [0.25, 0.3) is 0 Å². The van der Waals surface area contributed by atoms with Gasteiger partial charge in [-0.1, -0.05) is 0 Å². The molecule has 19 heavy (non-hydrogen) atoms. The molecule has 2 aromatic rings. The van der Waals surface area contributed by atoms with E-state index in [2.05, 4.69) is 28.3 Å². The number of aromatic nitrogens is 2. The lowest BCUT2D eigenvalue weighted by Gasteiger charge is -2.27. The first-order valence-electron chi connectivity index (χ1n) is 6.19. The Morgan fingerprint density at radius 1 is 1.42 bits per heavy atom. The van der Waals surface area contributed by atoms with Gasteiger partial charge in [0, 0.05) is 25.5 Å². The predicted molar refractivity (Wildman–Crippen MR) is 81.3 cm³/mol. The molecule has 0 atom stereocenters. The van der Waals surface area contributed by atoms with E-state index >= 15 is 0 Å². The van der Waals surface area contributed by atoms with Crippen molar-refractivity contribution in [3.05, 3.63) is 10.9 Å². The smallest absolute Gasteiger partial charge is 0.225 e. The predicted octanol–water partition coefficient (Wildman–Crippen LogP) is 2.25. The van der Waals surface area contributed by atoms with Crippen molar-refractivity contribution in [1.82, 2.24) is 9.97 Å². The van der Waals surface area contributed by atoms with E-state index in [0.717, 1.165) is 16.0 Å². The molecule has 0 aliphatic rings. The number of hydrogen-bond donors (Lipinski definition) is 2. The minimum atomic E-state index is -0.767. The minimum Gasteiger partial charge on any atom is -0.389 e. The highest BCUT2D eigenvalue weighted by molar-refractivity contribution is 7.18. The van der Waals surface area contributed by atoms with Crippen LogP contribution in [0.3, 0.4) is 0 Å². The number of aliphatic hydroxyl groups is 1. The third kappa shape index (κ3) is 3.13. The Labute approximate surface area is 117 Å². The van der Waals surface area contributed by atoms with Gasteiger partial charge < -0.3 is 15.3 Å². The van der Waals surface area contributed by atoms with Gasteiger partial charge in [-0.05, 0) is 26.8 Å². The molecule has 0 spiro atoms. The molecule has 0 amide bonds.